The van der Waals surface area contributed by atoms with Gasteiger partial charge in [0.25, 0.3) is 0 Å². The summed E-state index contributed by atoms with van der Waals surface area (Å²) in [5.41, 5.74) is -0.779. The second kappa shape index (κ2) is 5.60. The van der Waals surface area contributed by atoms with Gasteiger partial charge in [0.15, 0.2) is 5.16 Å². The minimum atomic E-state index is -0.512. The molecule has 0 saturated carbocycles. The maximum Gasteiger partial charge on any atom is 0.343 e. The Balaban J connectivity index is 2.72. The van der Waals surface area contributed by atoms with Crippen molar-refractivity contribution in [3.8, 4) is 0 Å². The third-order valence-electron chi connectivity index (χ3n) is 2.06. The van der Waals surface area contributed by atoms with Gasteiger partial charge in [-0.15, -0.1) is 5.10 Å². The molecule has 1 aromatic heterocycles. The Bertz CT molecular complexity index is 473. The number of carbonyl (C=O) groups is 1. The first-order chi connectivity index (χ1) is 8.24. The van der Waals surface area contributed by atoms with Crippen LogP contribution >= 0.6 is 11.8 Å². The van der Waals surface area contributed by atoms with Crippen molar-refractivity contribution in [2.75, 3.05) is 0 Å². The molecule has 1 heterocycles. The van der Waals surface area contributed by atoms with Gasteiger partial charge in [0.05, 0.1) is 0 Å². The van der Waals surface area contributed by atoms with Crippen LogP contribution < -0.4 is 5.69 Å². The van der Waals surface area contributed by atoms with E-state index in [9.17, 15) is 9.59 Å². The molecular formula is C11H19N3O3S. The molecule has 0 spiro atoms. The maximum absolute atomic E-state index is 11.8. The fraction of sp³-hybridized carbons (Fsp3) is 0.727. The highest BCUT2D eigenvalue weighted by molar-refractivity contribution is 8.00. The summed E-state index contributed by atoms with van der Waals surface area (Å²) in [5.74, 6) is -0.314. The van der Waals surface area contributed by atoms with E-state index in [4.69, 9.17) is 4.74 Å². The van der Waals surface area contributed by atoms with E-state index in [1.165, 1.54) is 16.3 Å². The number of H-pyrrole nitrogens is 1. The van der Waals surface area contributed by atoms with Crippen LogP contribution in [-0.2, 0) is 16.1 Å². The van der Waals surface area contributed by atoms with E-state index in [2.05, 4.69) is 10.2 Å². The molecule has 0 radical (unpaired) electrons. The Morgan fingerprint density at radius 2 is 2.17 bits per heavy atom. The molecule has 7 heteroatoms. The summed E-state index contributed by atoms with van der Waals surface area (Å²) in [4.78, 5) is 23.2. The highest BCUT2D eigenvalue weighted by Gasteiger charge is 2.24. The number of nitrogens with zero attached hydrogens (tertiary/aromatic N) is 2. The Hall–Kier alpha value is -1.24. The molecule has 1 aromatic rings. The standard InChI is InChI=1S/C11H19N3O3S/c1-6-14-9(16)12-13-10(14)18-7(2)8(15)17-11(3,4)5/h7H,6H2,1-5H3,(H,12,16). The zero-order valence-electron chi connectivity index (χ0n) is 11.3. The van der Waals surface area contributed by atoms with Gasteiger partial charge in [-0.25, -0.2) is 9.89 Å². The van der Waals surface area contributed by atoms with Gasteiger partial charge in [-0.1, -0.05) is 11.8 Å². The third-order valence-corrected chi connectivity index (χ3v) is 3.13. The molecule has 0 amide bonds. The first-order valence-electron chi connectivity index (χ1n) is 5.79. The average Bonchev–Trinajstić information content (AvgIpc) is 2.56. The van der Waals surface area contributed by atoms with Crippen molar-refractivity contribution in [3.63, 3.8) is 0 Å². The summed E-state index contributed by atoms with van der Waals surface area (Å²) in [6, 6.07) is 0. The van der Waals surface area contributed by atoms with Crippen LogP contribution in [0.3, 0.4) is 0 Å². The lowest BCUT2D eigenvalue weighted by Crippen LogP contribution is -2.29. The zero-order chi connectivity index (χ0) is 13.9. The van der Waals surface area contributed by atoms with Gasteiger partial charge in [0.1, 0.15) is 10.9 Å². The van der Waals surface area contributed by atoms with Crippen molar-refractivity contribution in [3.05, 3.63) is 10.5 Å². The Morgan fingerprint density at radius 3 is 2.67 bits per heavy atom. The number of hydrogen-bond donors (Lipinski definition) is 1. The Morgan fingerprint density at radius 1 is 1.56 bits per heavy atom. The molecule has 0 saturated heterocycles. The van der Waals surface area contributed by atoms with E-state index in [1.54, 1.807) is 6.92 Å². The largest absolute Gasteiger partial charge is 0.459 e. The fourth-order valence-corrected chi connectivity index (χ4v) is 2.16. The molecule has 0 bridgehead atoms. The van der Waals surface area contributed by atoms with Gasteiger partial charge in [-0.3, -0.25) is 9.36 Å². The molecule has 102 valence electrons. The third kappa shape index (κ3) is 3.90. The normalized spacial score (nSPS) is 13.4. The van der Waals surface area contributed by atoms with Crippen LogP contribution in [0.4, 0.5) is 0 Å². The van der Waals surface area contributed by atoms with E-state index < -0.39 is 10.9 Å². The SMILES string of the molecule is CCn1c(SC(C)C(=O)OC(C)(C)C)n[nH]c1=O. The predicted molar refractivity (Wildman–Crippen MR) is 69.7 cm³/mol. The Labute approximate surface area is 110 Å². The van der Waals surface area contributed by atoms with Gasteiger partial charge in [0.2, 0.25) is 0 Å². The highest BCUT2D eigenvalue weighted by Crippen LogP contribution is 2.22. The number of esters is 1. The van der Waals surface area contributed by atoms with Crippen LogP contribution in [0, 0.1) is 0 Å². The summed E-state index contributed by atoms with van der Waals surface area (Å²) in [6.45, 7) is 9.55. The summed E-state index contributed by atoms with van der Waals surface area (Å²) < 4.78 is 6.74. The summed E-state index contributed by atoms with van der Waals surface area (Å²) in [6.07, 6.45) is 0. The molecule has 1 atom stereocenters. The first-order valence-corrected chi connectivity index (χ1v) is 6.67. The van der Waals surface area contributed by atoms with Gasteiger partial charge < -0.3 is 4.74 Å². The van der Waals surface area contributed by atoms with Crippen LogP contribution in [0.15, 0.2) is 9.95 Å². The fourth-order valence-electron chi connectivity index (χ4n) is 1.26. The number of hydrogen-bond acceptors (Lipinski definition) is 5. The van der Waals surface area contributed by atoms with Gasteiger partial charge >= 0.3 is 11.7 Å². The molecule has 0 fully saturated rings. The van der Waals surface area contributed by atoms with E-state index in [-0.39, 0.29) is 11.7 Å². The van der Waals surface area contributed by atoms with Gasteiger partial charge in [-0.2, -0.15) is 0 Å². The monoisotopic (exact) mass is 273 g/mol. The molecule has 0 aromatic carbocycles. The van der Waals surface area contributed by atoms with Gasteiger partial charge in [0, 0.05) is 6.54 Å². The molecule has 0 aliphatic rings. The second-order valence-corrected chi connectivity index (χ2v) is 6.16. The van der Waals surface area contributed by atoms with Crippen LogP contribution in [0.2, 0.25) is 0 Å². The minimum absolute atomic E-state index is 0.267. The quantitative estimate of drug-likeness (QED) is 0.663. The van der Waals surface area contributed by atoms with Crippen molar-refractivity contribution in [2.45, 2.75) is 57.2 Å². The van der Waals surface area contributed by atoms with Crippen LogP contribution in [0.1, 0.15) is 34.6 Å². The van der Waals surface area contributed by atoms with Crippen molar-refractivity contribution < 1.29 is 9.53 Å². The van der Waals surface area contributed by atoms with Crippen molar-refractivity contribution in [1.29, 1.82) is 0 Å². The number of thioether (sulfide) groups is 1. The van der Waals surface area contributed by atoms with Crippen molar-refractivity contribution >= 4 is 17.7 Å². The topological polar surface area (TPSA) is 77.0 Å². The lowest BCUT2D eigenvalue weighted by molar-refractivity contribution is -0.153. The van der Waals surface area contributed by atoms with Crippen LogP contribution in [0.5, 0.6) is 0 Å². The lowest BCUT2D eigenvalue weighted by Gasteiger charge is -2.21. The Kier molecular flexibility index (Phi) is 4.61. The van der Waals surface area contributed by atoms with Gasteiger partial charge in [-0.05, 0) is 34.6 Å². The summed E-state index contributed by atoms with van der Waals surface area (Å²) in [5, 5.41) is 6.34. The molecule has 18 heavy (non-hydrogen) atoms. The van der Waals surface area contributed by atoms with E-state index >= 15 is 0 Å². The van der Waals surface area contributed by atoms with Crippen molar-refractivity contribution in [1.82, 2.24) is 14.8 Å². The predicted octanol–water partition coefficient (Wildman–Crippen LogP) is 1.41. The highest BCUT2D eigenvalue weighted by atomic mass is 32.2. The van der Waals surface area contributed by atoms with Crippen LogP contribution in [0.25, 0.3) is 0 Å². The molecule has 1 N–H and O–H groups in total. The molecular weight excluding hydrogens is 254 g/mol. The second-order valence-electron chi connectivity index (χ2n) is 4.85. The first kappa shape index (κ1) is 14.8. The number of nitrogens with one attached hydrogen (secondary N) is 1. The van der Waals surface area contributed by atoms with E-state index in [0.29, 0.717) is 11.7 Å². The minimum Gasteiger partial charge on any atom is -0.459 e. The van der Waals surface area contributed by atoms with Crippen molar-refractivity contribution in [2.24, 2.45) is 0 Å². The number of carbonyl (C=O) groups excluding carboxylic acids is 1. The zero-order valence-corrected chi connectivity index (χ0v) is 12.1. The number of ether oxygens (including phenoxy) is 1. The molecule has 1 unspecified atom stereocenters. The number of aromatic amines is 1. The van der Waals surface area contributed by atoms with Crippen LogP contribution in [-0.4, -0.2) is 31.6 Å². The number of aromatic nitrogens is 3. The molecule has 0 aliphatic carbocycles. The number of rotatable bonds is 4. The molecule has 6 nitrogen and oxygen atoms in total. The lowest BCUT2D eigenvalue weighted by atomic mass is 10.2. The van der Waals surface area contributed by atoms with E-state index in [1.807, 2.05) is 27.7 Å². The maximum atomic E-state index is 11.8. The smallest absolute Gasteiger partial charge is 0.343 e. The molecule has 0 aliphatic heterocycles. The summed E-state index contributed by atoms with van der Waals surface area (Å²) >= 11 is 1.21. The average molecular weight is 273 g/mol. The van der Waals surface area contributed by atoms with E-state index in [0.717, 1.165) is 0 Å². The summed E-state index contributed by atoms with van der Waals surface area (Å²) in [7, 11) is 0. The molecule has 1 rings (SSSR count).